The number of benzene rings is 2. The number of aliphatic hydroxyl groups excluding tert-OH is 1. The van der Waals surface area contributed by atoms with Crippen LogP contribution in [0.4, 0.5) is 11.4 Å². The lowest BCUT2D eigenvalue weighted by Gasteiger charge is -2.25. The molecule has 0 fully saturated rings. The van der Waals surface area contributed by atoms with Crippen molar-refractivity contribution in [1.29, 1.82) is 0 Å². The van der Waals surface area contributed by atoms with E-state index in [0.29, 0.717) is 0 Å². The van der Waals surface area contributed by atoms with Gasteiger partial charge in [-0.15, -0.1) is 0 Å². The van der Waals surface area contributed by atoms with E-state index in [4.69, 9.17) is 0 Å². The smallest absolute Gasteiger partial charge is 0.213 e. The third-order valence-electron chi connectivity index (χ3n) is 6.59. The number of hydrogen-bond acceptors (Lipinski definition) is 7. The minimum atomic E-state index is -4.52. The van der Waals surface area contributed by atoms with Gasteiger partial charge in [-0.05, 0) is 92.8 Å². The number of β-amino-alcohol motifs (C(OH)–C–C–N with tert-alkyl or cyclic N) is 1. The topological polar surface area (TPSA) is 83.9 Å². The molecule has 4 rings (SSSR count). The lowest BCUT2D eigenvalue weighted by atomic mass is 10.1. The number of nitrogens with zero attached hydrogens (tertiary/aromatic N) is 2. The molecule has 0 amide bonds. The van der Waals surface area contributed by atoms with Crippen molar-refractivity contribution in [1.82, 2.24) is 0 Å². The zero-order chi connectivity index (χ0) is 26.2. The Morgan fingerprint density at radius 2 is 1.89 bits per heavy atom. The number of aliphatic hydroxyl groups is 1. The van der Waals surface area contributed by atoms with Gasteiger partial charge in [-0.3, -0.25) is 0 Å². The average molecular weight is 547 g/mol. The Balaban J connectivity index is 1.66. The van der Waals surface area contributed by atoms with E-state index < -0.39 is 22.0 Å². The summed E-state index contributed by atoms with van der Waals surface area (Å²) in [5, 5.41) is 11.6. The largest absolute Gasteiger partial charge is 0.748 e. The minimum Gasteiger partial charge on any atom is -0.748 e. The van der Waals surface area contributed by atoms with Crippen LogP contribution in [0.3, 0.4) is 0 Å². The summed E-state index contributed by atoms with van der Waals surface area (Å²) >= 11 is 2.87. The summed E-state index contributed by atoms with van der Waals surface area (Å²) in [6.45, 7) is 11.6. The predicted molar refractivity (Wildman–Crippen MR) is 151 cm³/mol. The number of fused-ring (bicyclic) bond motifs is 2. The molecule has 0 aromatic heterocycles. The molecule has 2 aliphatic rings. The summed E-state index contributed by atoms with van der Waals surface area (Å²) in [5.74, 6) is -0.803. The van der Waals surface area contributed by atoms with E-state index in [9.17, 15) is 18.1 Å². The lowest BCUT2D eigenvalue weighted by Crippen LogP contribution is -2.34. The maximum Gasteiger partial charge on any atom is 0.213 e. The second-order valence-corrected chi connectivity index (χ2v) is 13.2. The predicted octanol–water partition coefficient (Wildman–Crippen LogP) is 4.65. The van der Waals surface area contributed by atoms with Crippen molar-refractivity contribution in [2.45, 2.75) is 62.3 Å². The lowest BCUT2D eigenvalue weighted by molar-refractivity contribution is 0.202. The molecule has 6 nitrogen and oxygen atoms in total. The molecule has 1 N–H and O–H groups in total. The summed E-state index contributed by atoms with van der Waals surface area (Å²) in [7, 11) is -4.52. The molecule has 194 valence electrons. The van der Waals surface area contributed by atoms with Crippen molar-refractivity contribution in [2.24, 2.45) is 0 Å². The Morgan fingerprint density at radius 1 is 1.17 bits per heavy atom. The Bertz CT molecular complexity index is 1320. The molecule has 2 aromatic rings. The fourth-order valence-corrected chi connectivity index (χ4v) is 7.86. The van der Waals surface area contributed by atoms with Gasteiger partial charge in [-0.1, -0.05) is 24.8 Å². The van der Waals surface area contributed by atoms with Crippen molar-refractivity contribution in [3.05, 3.63) is 69.8 Å². The first-order valence-electron chi connectivity index (χ1n) is 12.2. The molecule has 0 radical (unpaired) electrons. The van der Waals surface area contributed by atoms with Crippen LogP contribution in [-0.2, 0) is 21.9 Å². The molecular formula is C27H34N2O4S3. The number of allylic oxidation sites excluding steroid dienone is 2. The fraction of sp³-hybridized carbons (Fsp3) is 0.407. The summed E-state index contributed by atoms with van der Waals surface area (Å²) in [6.07, 6.45) is 4.03. The van der Waals surface area contributed by atoms with Crippen LogP contribution in [0.5, 0.6) is 0 Å². The van der Waals surface area contributed by atoms with Crippen LogP contribution in [0.15, 0.2) is 62.9 Å². The molecule has 2 aliphatic heterocycles. The second kappa shape index (κ2) is 10.8. The Kier molecular flexibility index (Phi) is 8.16. The molecule has 9 heteroatoms. The molecule has 2 heterocycles. The van der Waals surface area contributed by atoms with Gasteiger partial charge in [0, 0.05) is 23.2 Å². The number of aryl methyl sites for hydroxylation is 3. The van der Waals surface area contributed by atoms with E-state index in [2.05, 4.69) is 56.9 Å². The molecule has 2 atom stereocenters. The van der Waals surface area contributed by atoms with Crippen molar-refractivity contribution >= 4 is 45.0 Å². The molecule has 0 aliphatic carbocycles. The minimum absolute atomic E-state index is 0.0422. The maximum atomic E-state index is 11.2. The molecule has 0 saturated carbocycles. The van der Waals surface area contributed by atoms with Crippen LogP contribution in [0.25, 0.3) is 0 Å². The summed E-state index contributed by atoms with van der Waals surface area (Å²) < 4.78 is 33.7. The highest BCUT2D eigenvalue weighted by Crippen LogP contribution is 2.47. The van der Waals surface area contributed by atoms with Crippen LogP contribution >= 0.6 is 11.8 Å². The van der Waals surface area contributed by atoms with Gasteiger partial charge < -0.3 is 19.5 Å². The van der Waals surface area contributed by atoms with Gasteiger partial charge in [0.2, 0.25) is 5.37 Å². The second-order valence-electron chi connectivity index (χ2n) is 9.39. The quantitative estimate of drug-likeness (QED) is 0.293. The first-order valence-corrected chi connectivity index (χ1v) is 15.5. The van der Waals surface area contributed by atoms with E-state index in [1.807, 2.05) is 30.0 Å². The molecule has 2 aromatic carbocycles. The van der Waals surface area contributed by atoms with Crippen LogP contribution < -0.4 is 9.80 Å². The van der Waals surface area contributed by atoms with Gasteiger partial charge in [0.15, 0.2) is 4.90 Å². The van der Waals surface area contributed by atoms with E-state index in [1.165, 1.54) is 39.0 Å². The molecule has 0 bridgehead atoms. The van der Waals surface area contributed by atoms with Crippen molar-refractivity contribution in [3.63, 3.8) is 0 Å². The van der Waals surface area contributed by atoms with Crippen LogP contribution in [0, 0.1) is 20.8 Å². The number of thioether (sulfide) groups is 1. The summed E-state index contributed by atoms with van der Waals surface area (Å²) in [4.78, 5) is 6.79. The first-order chi connectivity index (χ1) is 17.0. The van der Waals surface area contributed by atoms with Gasteiger partial charge in [-0.25, -0.2) is 8.42 Å². The highest BCUT2D eigenvalue weighted by Gasteiger charge is 2.36. The van der Waals surface area contributed by atoms with Gasteiger partial charge in [0.05, 0.1) is 44.9 Å². The van der Waals surface area contributed by atoms with Gasteiger partial charge in [-0.2, -0.15) is 0 Å². The average Bonchev–Trinajstić information content (AvgIpc) is 3.28. The zero-order valence-electron chi connectivity index (χ0n) is 21.4. The van der Waals surface area contributed by atoms with Crippen LogP contribution in [0.1, 0.15) is 37.0 Å². The zero-order valence-corrected chi connectivity index (χ0v) is 23.9. The van der Waals surface area contributed by atoms with E-state index in [1.54, 1.807) is 11.8 Å². The SMILES string of the molecule is CCC(/C=C1\Sc2ccc(C)cc2N1CC(O)CS(=O)(=O)[O-])=C\C1[SH+]c2cc(C)c(C)cc2N1CC. The van der Waals surface area contributed by atoms with Gasteiger partial charge in [0.25, 0.3) is 0 Å². The third-order valence-corrected chi connectivity index (χ3v) is 9.82. The Labute approximate surface area is 223 Å². The third kappa shape index (κ3) is 5.97. The number of anilines is 2. The number of hydrogen-bond donors (Lipinski definition) is 1. The number of rotatable bonds is 8. The highest BCUT2D eigenvalue weighted by atomic mass is 32.2. The molecule has 2 unspecified atom stereocenters. The van der Waals surface area contributed by atoms with E-state index in [-0.39, 0.29) is 11.9 Å². The molecule has 0 saturated heterocycles. The van der Waals surface area contributed by atoms with E-state index in [0.717, 1.165) is 34.1 Å². The Hall–Kier alpha value is -1.91. The molecular weight excluding hydrogens is 513 g/mol. The molecule has 0 spiro atoms. The van der Waals surface area contributed by atoms with Crippen molar-refractivity contribution in [3.8, 4) is 0 Å². The Morgan fingerprint density at radius 3 is 2.56 bits per heavy atom. The fourth-order valence-electron chi connectivity index (χ4n) is 4.58. The monoisotopic (exact) mass is 546 g/mol. The first kappa shape index (κ1) is 27.1. The summed E-state index contributed by atoms with van der Waals surface area (Å²) in [6, 6.07) is 10.7. The van der Waals surface area contributed by atoms with Crippen molar-refractivity contribution < 1.29 is 18.1 Å². The number of likely N-dealkylation sites (N-methyl/N-ethyl adjacent to an activating group) is 1. The van der Waals surface area contributed by atoms with E-state index >= 15 is 0 Å². The normalized spacial score (nSPS) is 19.7. The van der Waals surface area contributed by atoms with Gasteiger partial charge in [0.1, 0.15) is 0 Å². The van der Waals surface area contributed by atoms with Crippen LogP contribution in [0.2, 0.25) is 0 Å². The maximum absolute atomic E-state index is 11.2. The molecule has 36 heavy (non-hydrogen) atoms. The van der Waals surface area contributed by atoms with Crippen molar-refractivity contribution in [2.75, 3.05) is 28.6 Å². The van der Waals surface area contributed by atoms with Gasteiger partial charge >= 0.3 is 0 Å². The highest BCUT2D eigenvalue weighted by molar-refractivity contribution is 8.03. The standard InChI is InChI=1S/C27H34N2O4S3/c1-6-20(13-26-28(7-2)23-11-18(4)19(5)12-25(23)35-26)14-27-29(15-21(30)16-36(31,32)33)22-10-17(3)8-9-24(22)34-27/h8-14,21,26,30H,6-7,15-16H2,1-5H3,(H,31,32,33)/b20-13+,27-14-. The van der Waals surface area contributed by atoms with Crippen LogP contribution in [-0.4, -0.2) is 48.4 Å². The summed E-state index contributed by atoms with van der Waals surface area (Å²) in [5.41, 5.74) is 7.09. The number of thiol groups is 1.